The van der Waals surface area contributed by atoms with Gasteiger partial charge in [0.1, 0.15) is 0 Å². The molecule has 0 saturated carbocycles. The normalized spacial score (nSPS) is 0. The van der Waals surface area contributed by atoms with Crippen LogP contribution in [0.2, 0.25) is 0 Å². The molecular formula is Br2LiMg+. The first-order valence-electron chi connectivity index (χ1n) is 0. The van der Waals surface area contributed by atoms with Gasteiger partial charge in [-0.3, -0.25) is 0 Å². The van der Waals surface area contributed by atoms with E-state index in [4.69, 9.17) is 0 Å². The van der Waals surface area contributed by atoms with E-state index in [0.717, 1.165) is 0 Å². The van der Waals surface area contributed by atoms with E-state index in [-0.39, 0.29) is 75.9 Å². The molecule has 0 unspecified atom stereocenters. The average Bonchev–Trinajstić information content (AvgIpc) is 0. The van der Waals surface area contributed by atoms with Crippen molar-refractivity contribution in [2.45, 2.75) is 0 Å². The second-order valence-corrected chi connectivity index (χ2v) is 0. The molecule has 0 aromatic carbocycles. The summed E-state index contributed by atoms with van der Waals surface area (Å²) in [4.78, 5) is 0. The minimum Gasteiger partial charge on any atom is -1.00 e. The van der Waals surface area contributed by atoms with E-state index in [1.54, 1.807) is 0 Å². The summed E-state index contributed by atoms with van der Waals surface area (Å²) in [5.74, 6) is 0. The van der Waals surface area contributed by atoms with Crippen molar-refractivity contribution in [3.8, 4) is 0 Å². The molecule has 4 heteroatoms. The van der Waals surface area contributed by atoms with E-state index in [1.807, 2.05) is 0 Å². The fraction of sp³-hybridized carbons (Fsp3) is 0. The van der Waals surface area contributed by atoms with Gasteiger partial charge in [0.05, 0.1) is 0 Å². The summed E-state index contributed by atoms with van der Waals surface area (Å²) in [6.07, 6.45) is 0. The molecule has 16 valence electrons. The van der Waals surface area contributed by atoms with Crippen molar-refractivity contribution >= 4 is 23.1 Å². The molecule has 4 heavy (non-hydrogen) atoms. The van der Waals surface area contributed by atoms with Crippen molar-refractivity contribution in [3.63, 3.8) is 0 Å². The fourth-order valence-corrected chi connectivity index (χ4v) is 0. The number of halogens is 2. The molecule has 0 amide bonds. The van der Waals surface area contributed by atoms with Gasteiger partial charge in [0.15, 0.2) is 0 Å². The van der Waals surface area contributed by atoms with E-state index >= 15 is 0 Å². The Morgan fingerprint density at radius 1 is 0.750 bits per heavy atom. The standard InChI is InChI=1S/2BrH.Li.Mg/h2*1H;;/q;;+1;+2/p-2. The van der Waals surface area contributed by atoms with Crippen LogP contribution in [0.25, 0.3) is 0 Å². The molecule has 0 atom stereocenters. The van der Waals surface area contributed by atoms with Crippen molar-refractivity contribution < 1.29 is 52.8 Å². The summed E-state index contributed by atoms with van der Waals surface area (Å²) in [6.45, 7) is 0. The summed E-state index contributed by atoms with van der Waals surface area (Å²) < 4.78 is 0. The van der Waals surface area contributed by atoms with Crippen molar-refractivity contribution in [2.75, 3.05) is 0 Å². The van der Waals surface area contributed by atoms with E-state index in [9.17, 15) is 0 Å². The first kappa shape index (κ1) is 33.2. The van der Waals surface area contributed by atoms with E-state index < -0.39 is 0 Å². The Kier molecular flexibility index (Phi) is 153. The van der Waals surface area contributed by atoms with Crippen LogP contribution in [0.5, 0.6) is 0 Å². The Morgan fingerprint density at radius 2 is 0.750 bits per heavy atom. The molecule has 0 heterocycles. The predicted octanol–water partition coefficient (Wildman–Crippen LogP) is -9.37. The van der Waals surface area contributed by atoms with Gasteiger partial charge in [0.25, 0.3) is 0 Å². The van der Waals surface area contributed by atoms with Crippen LogP contribution in [-0.2, 0) is 0 Å². The quantitative estimate of drug-likeness (QED) is 0.333. The van der Waals surface area contributed by atoms with Crippen LogP contribution in [-0.4, -0.2) is 23.1 Å². The third-order valence-electron chi connectivity index (χ3n) is 0. The zero-order valence-electron chi connectivity index (χ0n) is 2.46. The van der Waals surface area contributed by atoms with Crippen LogP contribution in [0.1, 0.15) is 0 Å². The summed E-state index contributed by atoms with van der Waals surface area (Å²) in [6, 6.07) is 0. The third-order valence-corrected chi connectivity index (χ3v) is 0. The molecule has 0 aromatic heterocycles. The number of hydrogen-bond acceptors (Lipinski definition) is 0. The zero-order chi connectivity index (χ0) is 0. The van der Waals surface area contributed by atoms with Crippen LogP contribution in [0.15, 0.2) is 0 Å². The molecule has 0 aliphatic rings. The third kappa shape index (κ3) is 8.85. The van der Waals surface area contributed by atoms with Gasteiger partial charge >= 0.3 is 41.9 Å². The molecule has 0 bridgehead atoms. The van der Waals surface area contributed by atoms with E-state index in [1.165, 1.54) is 0 Å². The first-order valence-corrected chi connectivity index (χ1v) is 0. The maximum Gasteiger partial charge on any atom is 2.00 e. The van der Waals surface area contributed by atoms with Crippen LogP contribution in [0, 0.1) is 0 Å². The van der Waals surface area contributed by atoms with Crippen LogP contribution in [0.3, 0.4) is 0 Å². The first-order chi connectivity index (χ1) is 0. The molecule has 0 N–H and O–H groups in total. The Bertz CT molecular complexity index is 6.00. The SMILES string of the molecule is [Br-].[Br-].[Li+].[Mg+2]. The second kappa shape index (κ2) is 18.4. The van der Waals surface area contributed by atoms with Crippen LogP contribution in [0.4, 0.5) is 0 Å². The molecule has 0 saturated heterocycles. The van der Waals surface area contributed by atoms with Gasteiger partial charge in [-0.2, -0.15) is 0 Å². The summed E-state index contributed by atoms with van der Waals surface area (Å²) in [5.41, 5.74) is 0. The van der Waals surface area contributed by atoms with Crippen LogP contribution >= 0.6 is 0 Å². The van der Waals surface area contributed by atoms with Crippen LogP contribution < -0.4 is 52.8 Å². The van der Waals surface area contributed by atoms with Gasteiger partial charge in [-0.05, 0) is 0 Å². The number of hydrogen-bond donors (Lipinski definition) is 0. The second-order valence-electron chi connectivity index (χ2n) is 0. The Hall–Kier alpha value is 2.32. The molecule has 0 fully saturated rings. The van der Waals surface area contributed by atoms with Gasteiger partial charge in [0.2, 0.25) is 0 Å². The van der Waals surface area contributed by atoms with Crippen molar-refractivity contribution in [1.82, 2.24) is 0 Å². The maximum atomic E-state index is 0. The predicted molar refractivity (Wildman–Crippen MR) is 5.75 cm³/mol. The summed E-state index contributed by atoms with van der Waals surface area (Å²) in [5, 5.41) is 0. The van der Waals surface area contributed by atoms with Gasteiger partial charge in [0, 0.05) is 0 Å². The Morgan fingerprint density at radius 3 is 0.750 bits per heavy atom. The van der Waals surface area contributed by atoms with Gasteiger partial charge < -0.3 is 34.0 Å². The maximum absolute atomic E-state index is 0. The smallest absolute Gasteiger partial charge is 1.00 e. The van der Waals surface area contributed by atoms with Crippen molar-refractivity contribution in [2.24, 2.45) is 0 Å². The minimum absolute atomic E-state index is 0. The Labute approximate surface area is 75.0 Å². The molecular weight excluding hydrogens is 191 g/mol. The molecule has 0 aromatic rings. The van der Waals surface area contributed by atoms with Crippen molar-refractivity contribution in [3.05, 3.63) is 0 Å². The fourth-order valence-electron chi connectivity index (χ4n) is 0. The number of rotatable bonds is 0. The van der Waals surface area contributed by atoms with Gasteiger partial charge in [-0.25, -0.2) is 0 Å². The molecule has 0 spiro atoms. The molecule has 0 nitrogen and oxygen atoms in total. The average molecular weight is 191 g/mol. The van der Waals surface area contributed by atoms with Gasteiger partial charge in [-0.15, -0.1) is 0 Å². The molecule has 0 aliphatic heterocycles. The van der Waals surface area contributed by atoms with Gasteiger partial charge in [-0.1, -0.05) is 0 Å². The van der Waals surface area contributed by atoms with E-state index in [0.29, 0.717) is 0 Å². The Balaban J connectivity index is 0. The van der Waals surface area contributed by atoms with E-state index in [2.05, 4.69) is 0 Å². The topological polar surface area (TPSA) is 0 Å². The summed E-state index contributed by atoms with van der Waals surface area (Å²) in [7, 11) is 0. The zero-order valence-corrected chi connectivity index (χ0v) is 7.05. The van der Waals surface area contributed by atoms with Crippen molar-refractivity contribution in [1.29, 1.82) is 0 Å². The monoisotopic (exact) mass is 189 g/mol. The summed E-state index contributed by atoms with van der Waals surface area (Å²) >= 11 is 0. The largest absolute Gasteiger partial charge is 2.00 e. The molecule has 0 radical (unpaired) electrons. The molecule has 0 aliphatic carbocycles. The minimum atomic E-state index is 0. The molecule has 0 rings (SSSR count).